The average molecular weight is 592 g/mol. The predicted octanol–water partition coefficient (Wildman–Crippen LogP) is 6.31. The number of amides is 1. The number of hydrogen-bond donors (Lipinski definition) is 2. The number of aryl methyl sites for hydroxylation is 2. The summed E-state index contributed by atoms with van der Waals surface area (Å²) in [4.78, 5) is 18.1. The highest BCUT2D eigenvalue weighted by Gasteiger charge is 2.34. The number of nitrogens with one attached hydrogen (secondary N) is 2. The molecule has 5 rings (SSSR count). The minimum Gasteiger partial charge on any atom is -0.493 e. The zero-order chi connectivity index (χ0) is 27.7. The molecule has 2 heterocycles. The maximum Gasteiger partial charge on any atom is 0.255 e. The molecule has 0 spiro atoms. The molecular weight excluding hydrogens is 565 g/mol. The SMILES string of the molecule is COc1cc(C2C(C(=O)Nc3ccc(C)cc3C)=C(C)Nc3ncnn32)cc(Br)c1OCc1ccccc1F. The molecule has 0 aliphatic carbocycles. The Hall–Kier alpha value is -4.18. The average Bonchev–Trinajstić information content (AvgIpc) is 3.37. The fourth-order valence-electron chi connectivity index (χ4n) is 4.64. The van der Waals surface area contributed by atoms with Gasteiger partial charge in [0.25, 0.3) is 5.91 Å². The summed E-state index contributed by atoms with van der Waals surface area (Å²) < 4.78 is 28.0. The van der Waals surface area contributed by atoms with Gasteiger partial charge in [0.1, 0.15) is 24.8 Å². The lowest BCUT2D eigenvalue weighted by Crippen LogP contribution is -2.31. The molecule has 8 nitrogen and oxygen atoms in total. The molecule has 0 radical (unpaired) electrons. The number of carbonyl (C=O) groups is 1. The Morgan fingerprint density at radius 3 is 2.69 bits per heavy atom. The molecule has 4 aromatic rings. The molecule has 1 aliphatic heterocycles. The maximum absolute atomic E-state index is 14.2. The van der Waals surface area contributed by atoms with Crippen molar-refractivity contribution in [1.29, 1.82) is 0 Å². The van der Waals surface area contributed by atoms with E-state index < -0.39 is 6.04 Å². The van der Waals surface area contributed by atoms with Crippen LogP contribution in [0.15, 0.2) is 76.7 Å². The highest BCUT2D eigenvalue weighted by atomic mass is 79.9. The van der Waals surface area contributed by atoms with E-state index in [9.17, 15) is 9.18 Å². The van der Waals surface area contributed by atoms with Gasteiger partial charge in [0.15, 0.2) is 11.5 Å². The van der Waals surface area contributed by atoms with Gasteiger partial charge in [-0.05, 0) is 72.1 Å². The Morgan fingerprint density at radius 2 is 1.95 bits per heavy atom. The summed E-state index contributed by atoms with van der Waals surface area (Å²) in [7, 11) is 1.53. The van der Waals surface area contributed by atoms with Crippen molar-refractivity contribution in [2.75, 3.05) is 17.7 Å². The number of aromatic nitrogens is 3. The Morgan fingerprint density at radius 1 is 1.15 bits per heavy atom. The summed E-state index contributed by atoms with van der Waals surface area (Å²) in [5.74, 6) is 0.725. The van der Waals surface area contributed by atoms with Gasteiger partial charge in [-0.25, -0.2) is 9.07 Å². The van der Waals surface area contributed by atoms with E-state index in [4.69, 9.17) is 9.47 Å². The summed E-state index contributed by atoms with van der Waals surface area (Å²) in [6.07, 6.45) is 1.44. The maximum atomic E-state index is 14.2. The topological polar surface area (TPSA) is 90.3 Å². The van der Waals surface area contributed by atoms with Gasteiger partial charge in [0, 0.05) is 16.9 Å². The molecule has 39 heavy (non-hydrogen) atoms. The second-order valence-corrected chi connectivity index (χ2v) is 10.1. The lowest BCUT2D eigenvalue weighted by atomic mass is 9.94. The predicted molar refractivity (Wildman–Crippen MR) is 150 cm³/mol. The van der Waals surface area contributed by atoms with E-state index in [1.807, 2.05) is 45.0 Å². The van der Waals surface area contributed by atoms with Crippen LogP contribution in [0.3, 0.4) is 0 Å². The number of benzene rings is 3. The van der Waals surface area contributed by atoms with Crippen LogP contribution in [0.1, 0.15) is 35.2 Å². The number of anilines is 2. The largest absolute Gasteiger partial charge is 0.493 e. The molecule has 1 amide bonds. The molecule has 0 fully saturated rings. The number of fused-ring (bicyclic) bond motifs is 1. The minimum atomic E-state index is -0.611. The Bertz CT molecular complexity index is 1600. The first kappa shape index (κ1) is 26.4. The third kappa shape index (κ3) is 5.24. The minimum absolute atomic E-state index is 0.0180. The molecule has 3 aromatic carbocycles. The number of ether oxygens (including phenoxy) is 2. The zero-order valence-corrected chi connectivity index (χ0v) is 23.5. The smallest absolute Gasteiger partial charge is 0.255 e. The second-order valence-electron chi connectivity index (χ2n) is 9.28. The highest BCUT2D eigenvalue weighted by molar-refractivity contribution is 9.10. The van der Waals surface area contributed by atoms with Crippen molar-refractivity contribution in [3.8, 4) is 11.5 Å². The Kier molecular flexibility index (Phi) is 7.38. The van der Waals surface area contributed by atoms with Crippen LogP contribution in [-0.2, 0) is 11.4 Å². The van der Waals surface area contributed by atoms with Crippen molar-refractivity contribution < 1.29 is 18.7 Å². The van der Waals surface area contributed by atoms with Crippen LogP contribution in [-0.4, -0.2) is 27.8 Å². The molecule has 1 atom stereocenters. The standard InChI is InChI=1S/C29H27BrFN5O3/c1-16-9-10-23(17(2)11-16)35-28(37)25-18(3)34-29-32-15-33-36(29)26(25)20-12-21(30)27(24(13-20)38-4)39-14-19-7-5-6-8-22(19)31/h5-13,15,26H,14H2,1-4H3,(H,35,37)(H,32,33,34). The summed E-state index contributed by atoms with van der Waals surface area (Å²) in [5, 5.41) is 10.7. The van der Waals surface area contributed by atoms with E-state index in [2.05, 4.69) is 36.6 Å². The van der Waals surface area contributed by atoms with Gasteiger partial charge in [0.2, 0.25) is 5.95 Å². The molecule has 1 aliphatic rings. The number of allylic oxidation sites excluding steroid dienone is 1. The van der Waals surface area contributed by atoms with E-state index in [-0.39, 0.29) is 18.3 Å². The van der Waals surface area contributed by atoms with Crippen molar-refractivity contribution in [3.05, 3.63) is 105 Å². The van der Waals surface area contributed by atoms with Crippen molar-refractivity contribution in [2.24, 2.45) is 0 Å². The van der Waals surface area contributed by atoms with Crippen molar-refractivity contribution in [1.82, 2.24) is 14.8 Å². The monoisotopic (exact) mass is 591 g/mol. The van der Waals surface area contributed by atoms with Gasteiger partial charge >= 0.3 is 0 Å². The second kappa shape index (κ2) is 10.9. The third-order valence-corrected chi connectivity index (χ3v) is 7.16. The van der Waals surface area contributed by atoms with Gasteiger partial charge in [-0.1, -0.05) is 35.9 Å². The van der Waals surface area contributed by atoms with Gasteiger partial charge in [-0.3, -0.25) is 4.79 Å². The third-order valence-electron chi connectivity index (χ3n) is 6.57. The highest BCUT2D eigenvalue weighted by Crippen LogP contribution is 2.43. The molecule has 0 saturated carbocycles. The number of rotatable bonds is 7. The molecule has 10 heteroatoms. The van der Waals surface area contributed by atoms with Gasteiger partial charge in [-0.15, -0.1) is 0 Å². The summed E-state index contributed by atoms with van der Waals surface area (Å²) >= 11 is 3.59. The molecule has 0 bridgehead atoms. The van der Waals surface area contributed by atoms with Crippen molar-refractivity contribution >= 4 is 33.5 Å². The van der Waals surface area contributed by atoms with E-state index in [1.54, 1.807) is 28.9 Å². The van der Waals surface area contributed by atoms with Crippen LogP contribution in [0.25, 0.3) is 0 Å². The normalized spacial score (nSPS) is 14.5. The van der Waals surface area contributed by atoms with Crippen LogP contribution in [0, 0.1) is 19.7 Å². The lowest BCUT2D eigenvalue weighted by Gasteiger charge is -2.29. The Labute approximate surface area is 234 Å². The van der Waals surface area contributed by atoms with Gasteiger partial charge in [0.05, 0.1) is 17.2 Å². The van der Waals surface area contributed by atoms with E-state index in [1.165, 1.54) is 19.5 Å². The van der Waals surface area contributed by atoms with Gasteiger partial charge < -0.3 is 20.1 Å². The van der Waals surface area contributed by atoms with E-state index >= 15 is 0 Å². The number of hydrogen-bond acceptors (Lipinski definition) is 6. The van der Waals surface area contributed by atoms with Crippen LogP contribution in [0.4, 0.5) is 16.0 Å². The van der Waals surface area contributed by atoms with Crippen LogP contribution < -0.4 is 20.1 Å². The lowest BCUT2D eigenvalue weighted by molar-refractivity contribution is -0.113. The first-order chi connectivity index (χ1) is 18.8. The van der Waals surface area contributed by atoms with Crippen LogP contribution in [0.5, 0.6) is 11.5 Å². The molecule has 2 N–H and O–H groups in total. The zero-order valence-electron chi connectivity index (χ0n) is 21.9. The van der Waals surface area contributed by atoms with Crippen LogP contribution >= 0.6 is 15.9 Å². The quantitative estimate of drug-likeness (QED) is 0.262. The molecule has 1 unspecified atom stereocenters. The molecule has 1 aromatic heterocycles. The Balaban J connectivity index is 1.52. The van der Waals surface area contributed by atoms with E-state index in [0.717, 1.165) is 22.4 Å². The number of nitrogens with zero attached hydrogens (tertiary/aromatic N) is 3. The fourth-order valence-corrected chi connectivity index (χ4v) is 5.21. The summed E-state index contributed by atoms with van der Waals surface area (Å²) in [6, 6.07) is 15.3. The van der Waals surface area contributed by atoms with Crippen molar-refractivity contribution in [2.45, 2.75) is 33.4 Å². The molecule has 0 saturated heterocycles. The number of carbonyl (C=O) groups excluding carboxylic acids is 1. The van der Waals surface area contributed by atoms with Crippen molar-refractivity contribution in [3.63, 3.8) is 0 Å². The number of halogens is 2. The summed E-state index contributed by atoms with van der Waals surface area (Å²) in [6.45, 7) is 5.82. The molecule has 200 valence electrons. The first-order valence-corrected chi connectivity index (χ1v) is 13.1. The van der Waals surface area contributed by atoms with E-state index in [0.29, 0.717) is 38.8 Å². The van der Waals surface area contributed by atoms with Crippen LogP contribution in [0.2, 0.25) is 0 Å². The number of methoxy groups -OCH3 is 1. The first-order valence-electron chi connectivity index (χ1n) is 12.3. The molecular formula is C29H27BrFN5O3. The van der Waals surface area contributed by atoms with Gasteiger partial charge in [-0.2, -0.15) is 10.1 Å². The summed E-state index contributed by atoms with van der Waals surface area (Å²) in [5.41, 5.74) is 5.06. The fraction of sp³-hybridized carbons (Fsp3) is 0.207.